The van der Waals surface area contributed by atoms with Crippen molar-refractivity contribution in [3.05, 3.63) is 41.4 Å². The summed E-state index contributed by atoms with van der Waals surface area (Å²) in [6, 6.07) is 5.02. The van der Waals surface area contributed by atoms with Crippen LogP contribution in [0, 0.1) is 13.8 Å². The highest BCUT2D eigenvalue weighted by atomic mass is 16.5. The van der Waals surface area contributed by atoms with Gasteiger partial charge in [0.25, 0.3) is 5.91 Å². The zero-order valence-electron chi connectivity index (χ0n) is 9.02. The standard InChI is InChI=1S/C11H11N3O2/c1-7-5-9(3-4-12-7)11(15)13-10-6-8(2)16-14-10/h3-6H,1-2H3,(H,13,14,15). The lowest BCUT2D eigenvalue weighted by molar-refractivity contribution is 0.102. The molecule has 2 aromatic rings. The highest BCUT2D eigenvalue weighted by Gasteiger charge is 2.08. The molecule has 0 atom stereocenters. The SMILES string of the molecule is Cc1cc(C(=O)Nc2cc(C)on2)ccn1. The van der Waals surface area contributed by atoms with E-state index < -0.39 is 0 Å². The van der Waals surface area contributed by atoms with E-state index in [1.165, 1.54) is 0 Å². The molecule has 2 rings (SSSR count). The molecule has 0 fully saturated rings. The number of pyridine rings is 1. The third-order valence-electron chi connectivity index (χ3n) is 2.03. The second-order valence-corrected chi connectivity index (χ2v) is 3.46. The van der Waals surface area contributed by atoms with Gasteiger partial charge in [0, 0.05) is 23.5 Å². The number of amides is 1. The first kappa shape index (κ1) is 10.4. The molecular formula is C11H11N3O2. The minimum Gasteiger partial charge on any atom is -0.360 e. The van der Waals surface area contributed by atoms with Gasteiger partial charge in [-0.3, -0.25) is 9.78 Å². The van der Waals surface area contributed by atoms with Crippen LogP contribution in [0.15, 0.2) is 28.9 Å². The Labute approximate surface area is 92.5 Å². The molecule has 1 amide bonds. The summed E-state index contributed by atoms with van der Waals surface area (Å²) in [6.07, 6.45) is 1.60. The van der Waals surface area contributed by atoms with Crippen molar-refractivity contribution in [2.45, 2.75) is 13.8 Å². The van der Waals surface area contributed by atoms with Gasteiger partial charge in [-0.05, 0) is 26.0 Å². The van der Waals surface area contributed by atoms with E-state index in [4.69, 9.17) is 4.52 Å². The summed E-state index contributed by atoms with van der Waals surface area (Å²) < 4.78 is 4.85. The number of anilines is 1. The predicted molar refractivity (Wildman–Crippen MR) is 58.2 cm³/mol. The molecule has 5 heteroatoms. The van der Waals surface area contributed by atoms with Gasteiger partial charge in [-0.1, -0.05) is 5.16 Å². The van der Waals surface area contributed by atoms with Gasteiger partial charge < -0.3 is 9.84 Å². The van der Waals surface area contributed by atoms with E-state index in [2.05, 4.69) is 15.5 Å². The molecule has 0 aliphatic heterocycles. The number of carbonyl (C=O) groups is 1. The second kappa shape index (κ2) is 4.14. The van der Waals surface area contributed by atoms with Crippen LogP contribution in [0.4, 0.5) is 5.82 Å². The van der Waals surface area contributed by atoms with Gasteiger partial charge in [0.2, 0.25) is 0 Å². The van der Waals surface area contributed by atoms with E-state index in [1.54, 1.807) is 31.3 Å². The number of hydrogen-bond acceptors (Lipinski definition) is 4. The van der Waals surface area contributed by atoms with Gasteiger partial charge in [-0.2, -0.15) is 0 Å². The van der Waals surface area contributed by atoms with E-state index in [0.717, 1.165) is 5.69 Å². The maximum absolute atomic E-state index is 11.8. The average molecular weight is 217 g/mol. The smallest absolute Gasteiger partial charge is 0.257 e. The fourth-order valence-electron chi connectivity index (χ4n) is 1.30. The van der Waals surface area contributed by atoms with Crippen molar-refractivity contribution in [2.75, 3.05) is 5.32 Å². The van der Waals surface area contributed by atoms with Gasteiger partial charge in [-0.25, -0.2) is 0 Å². The van der Waals surface area contributed by atoms with E-state index in [1.807, 2.05) is 6.92 Å². The van der Waals surface area contributed by atoms with Gasteiger partial charge in [0.1, 0.15) is 5.76 Å². The molecule has 0 saturated carbocycles. The fourth-order valence-corrected chi connectivity index (χ4v) is 1.30. The first-order chi connectivity index (χ1) is 7.65. The Balaban J connectivity index is 2.14. The van der Waals surface area contributed by atoms with Gasteiger partial charge in [0.15, 0.2) is 5.82 Å². The lowest BCUT2D eigenvalue weighted by atomic mass is 10.2. The molecule has 0 aliphatic rings. The molecule has 0 aromatic carbocycles. The molecule has 1 N–H and O–H groups in total. The van der Waals surface area contributed by atoms with Gasteiger partial charge in [0.05, 0.1) is 0 Å². The Bertz CT molecular complexity index is 519. The molecule has 0 saturated heterocycles. The van der Waals surface area contributed by atoms with Crippen molar-refractivity contribution < 1.29 is 9.32 Å². The third-order valence-corrected chi connectivity index (χ3v) is 2.03. The van der Waals surface area contributed by atoms with Crippen molar-refractivity contribution in [3.8, 4) is 0 Å². The Morgan fingerprint density at radius 2 is 2.19 bits per heavy atom. The predicted octanol–water partition coefficient (Wildman–Crippen LogP) is 1.94. The van der Waals surface area contributed by atoms with Crippen LogP contribution in [-0.2, 0) is 0 Å². The Kier molecular flexibility index (Phi) is 2.68. The normalized spacial score (nSPS) is 10.1. The molecule has 82 valence electrons. The number of nitrogens with zero attached hydrogens (tertiary/aromatic N) is 2. The van der Waals surface area contributed by atoms with Gasteiger partial charge in [-0.15, -0.1) is 0 Å². The Morgan fingerprint density at radius 3 is 2.81 bits per heavy atom. The van der Waals surface area contributed by atoms with Crippen LogP contribution in [0.3, 0.4) is 0 Å². The first-order valence-electron chi connectivity index (χ1n) is 4.82. The topological polar surface area (TPSA) is 68.0 Å². The maximum Gasteiger partial charge on any atom is 0.257 e. The Hall–Kier alpha value is -2.17. The minimum atomic E-state index is -0.223. The summed E-state index contributed by atoms with van der Waals surface area (Å²) in [5.74, 6) is 0.844. The van der Waals surface area contributed by atoms with Gasteiger partial charge >= 0.3 is 0 Å². The van der Waals surface area contributed by atoms with Crippen molar-refractivity contribution >= 4 is 11.7 Å². The van der Waals surface area contributed by atoms with Crippen LogP contribution < -0.4 is 5.32 Å². The van der Waals surface area contributed by atoms with Crippen LogP contribution in [0.2, 0.25) is 0 Å². The number of aryl methyl sites for hydroxylation is 2. The van der Waals surface area contributed by atoms with Crippen LogP contribution in [0.5, 0.6) is 0 Å². The molecule has 5 nitrogen and oxygen atoms in total. The number of carbonyl (C=O) groups excluding carboxylic acids is 1. The molecule has 0 spiro atoms. The van der Waals surface area contributed by atoms with Crippen molar-refractivity contribution in [1.82, 2.24) is 10.1 Å². The number of rotatable bonds is 2. The zero-order valence-corrected chi connectivity index (χ0v) is 9.02. The quantitative estimate of drug-likeness (QED) is 0.834. The zero-order chi connectivity index (χ0) is 11.5. The maximum atomic E-state index is 11.8. The highest BCUT2D eigenvalue weighted by Crippen LogP contribution is 2.09. The molecule has 16 heavy (non-hydrogen) atoms. The molecule has 2 heterocycles. The molecule has 0 aliphatic carbocycles. The molecule has 2 aromatic heterocycles. The summed E-state index contributed by atoms with van der Waals surface area (Å²) in [5.41, 5.74) is 1.34. The monoisotopic (exact) mass is 217 g/mol. The van der Waals surface area contributed by atoms with Crippen molar-refractivity contribution in [2.24, 2.45) is 0 Å². The number of aromatic nitrogens is 2. The third kappa shape index (κ3) is 2.25. The second-order valence-electron chi connectivity index (χ2n) is 3.46. The molecular weight excluding hydrogens is 206 g/mol. The largest absolute Gasteiger partial charge is 0.360 e. The van der Waals surface area contributed by atoms with Crippen molar-refractivity contribution in [3.63, 3.8) is 0 Å². The fraction of sp³-hybridized carbons (Fsp3) is 0.182. The number of nitrogens with one attached hydrogen (secondary N) is 1. The summed E-state index contributed by atoms with van der Waals surface area (Å²) >= 11 is 0. The molecule has 0 unspecified atom stereocenters. The molecule has 0 bridgehead atoms. The summed E-state index contributed by atoms with van der Waals surface area (Å²) in [7, 11) is 0. The summed E-state index contributed by atoms with van der Waals surface area (Å²) in [4.78, 5) is 15.8. The van der Waals surface area contributed by atoms with E-state index in [9.17, 15) is 4.79 Å². The summed E-state index contributed by atoms with van der Waals surface area (Å²) in [6.45, 7) is 3.59. The Morgan fingerprint density at radius 1 is 1.38 bits per heavy atom. The van der Waals surface area contributed by atoms with E-state index in [-0.39, 0.29) is 5.91 Å². The van der Waals surface area contributed by atoms with Crippen LogP contribution >= 0.6 is 0 Å². The lowest BCUT2D eigenvalue weighted by Crippen LogP contribution is -2.12. The lowest BCUT2D eigenvalue weighted by Gasteiger charge is -2.01. The summed E-state index contributed by atoms with van der Waals surface area (Å²) in [5, 5.41) is 6.32. The van der Waals surface area contributed by atoms with Crippen LogP contribution in [-0.4, -0.2) is 16.0 Å². The highest BCUT2D eigenvalue weighted by molar-refractivity contribution is 6.03. The minimum absolute atomic E-state index is 0.223. The number of hydrogen-bond donors (Lipinski definition) is 1. The average Bonchev–Trinajstić information content (AvgIpc) is 2.64. The van der Waals surface area contributed by atoms with Crippen LogP contribution in [0.1, 0.15) is 21.8 Å². The van der Waals surface area contributed by atoms with E-state index >= 15 is 0 Å². The van der Waals surface area contributed by atoms with Crippen molar-refractivity contribution in [1.29, 1.82) is 0 Å². The van der Waals surface area contributed by atoms with Crippen LogP contribution in [0.25, 0.3) is 0 Å². The van der Waals surface area contributed by atoms with E-state index in [0.29, 0.717) is 17.1 Å². The molecule has 0 radical (unpaired) electrons. The first-order valence-corrected chi connectivity index (χ1v) is 4.82.